The largest absolute Gasteiger partial charge is 0.352 e. The van der Waals surface area contributed by atoms with Crippen molar-refractivity contribution in [1.29, 1.82) is 0 Å². The van der Waals surface area contributed by atoms with E-state index in [1.54, 1.807) is 6.20 Å². The molecule has 1 unspecified atom stereocenters. The maximum absolute atomic E-state index is 12.0. The average molecular weight is 281 g/mol. The van der Waals surface area contributed by atoms with Crippen LogP contribution in [0.5, 0.6) is 0 Å². The van der Waals surface area contributed by atoms with E-state index in [2.05, 4.69) is 27.8 Å². The van der Waals surface area contributed by atoms with E-state index < -0.39 is 0 Å². The van der Waals surface area contributed by atoms with Gasteiger partial charge in [0.25, 0.3) is 0 Å². The van der Waals surface area contributed by atoms with Crippen LogP contribution >= 0.6 is 0 Å². The smallest absolute Gasteiger partial charge is 0.224 e. The summed E-state index contributed by atoms with van der Waals surface area (Å²) in [4.78, 5) is 16.2. The number of pyridine rings is 1. The zero-order valence-corrected chi connectivity index (χ0v) is 11.9. The molecule has 4 nitrogen and oxygen atoms in total. The zero-order chi connectivity index (χ0) is 14.5. The second-order valence-electron chi connectivity index (χ2n) is 5.35. The van der Waals surface area contributed by atoms with Crippen molar-refractivity contribution in [3.63, 3.8) is 0 Å². The summed E-state index contributed by atoms with van der Waals surface area (Å²) in [6.07, 6.45) is 4.55. The number of nitrogens with one attached hydrogen (secondary N) is 2. The lowest BCUT2D eigenvalue weighted by atomic mass is 10.0. The number of hydrogen-bond acceptors (Lipinski definition) is 3. The molecule has 0 aliphatic carbocycles. The molecule has 1 atom stereocenters. The number of carbonyl (C=O) groups is 1. The molecule has 1 amide bonds. The molecule has 1 saturated heterocycles. The SMILES string of the molecule is O=C(NCc1cccc(-c2cccnc2)c1)C1CCNC1. The predicted molar refractivity (Wildman–Crippen MR) is 82.5 cm³/mol. The molecule has 0 radical (unpaired) electrons. The first-order valence-corrected chi connectivity index (χ1v) is 7.31. The van der Waals surface area contributed by atoms with E-state index in [1.807, 2.05) is 30.5 Å². The minimum atomic E-state index is 0.117. The third-order valence-electron chi connectivity index (χ3n) is 3.82. The summed E-state index contributed by atoms with van der Waals surface area (Å²) in [5.41, 5.74) is 3.32. The predicted octanol–water partition coefficient (Wildman–Crippen LogP) is 1.97. The van der Waals surface area contributed by atoms with Crippen molar-refractivity contribution in [2.24, 2.45) is 5.92 Å². The molecule has 2 N–H and O–H groups in total. The van der Waals surface area contributed by atoms with Crippen molar-refractivity contribution >= 4 is 5.91 Å². The fourth-order valence-corrected chi connectivity index (χ4v) is 2.61. The molecule has 1 aromatic heterocycles. The molecule has 1 aliphatic rings. The van der Waals surface area contributed by atoms with Gasteiger partial charge < -0.3 is 10.6 Å². The van der Waals surface area contributed by atoms with Crippen LogP contribution in [0.3, 0.4) is 0 Å². The molecule has 2 aromatic rings. The van der Waals surface area contributed by atoms with Gasteiger partial charge in [0, 0.05) is 25.5 Å². The maximum Gasteiger partial charge on any atom is 0.224 e. The maximum atomic E-state index is 12.0. The number of amides is 1. The van der Waals surface area contributed by atoms with Crippen LogP contribution in [0.2, 0.25) is 0 Å². The minimum Gasteiger partial charge on any atom is -0.352 e. The Morgan fingerprint density at radius 3 is 2.95 bits per heavy atom. The van der Waals surface area contributed by atoms with Crippen LogP contribution in [0.4, 0.5) is 0 Å². The van der Waals surface area contributed by atoms with E-state index in [4.69, 9.17) is 0 Å². The third-order valence-corrected chi connectivity index (χ3v) is 3.82. The molecule has 21 heavy (non-hydrogen) atoms. The Morgan fingerprint density at radius 1 is 1.29 bits per heavy atom. The standard InChI is InChI=1S/C17H19N3O/c21-17(16-6-8-19-12-16)20-10-13-3-1-4-14(9-13)15-5-2-7-18-11-15/h1-5,7,9,11,16,19H,6,8,10,12H2,(H,20,21). The van der Waals surface area contributed by atoms with Crippen LogP contribution in [-0.2, 0) is 11.3 Å². The number of nitrogens with zero attached hydrogens (tertiary/aromatic N) is 1. The second kappa shape index (κ2) is 6.50. The highest BCUT2D eigenvalue weighted by Gasteiger charge is 2.21. The molecule has 4 heteroatoms. The normalized spacial score (nSPS) is 17.6. The highest BCUT2D eigenvalue weighted by Crippen LogP contribution is 2.19. The molecular formula is C17H19N3O. The topological polar surface area (TPSA) is 54.0 Å². The molecule has 3 rings (SSSR count). The Hall–Kier alpha value is -2.20. The lowest BCUT2D eigenvalue weighted by molar-refractivity contribution is -0.124. The molecule has 1 fully saturated rings. The number of rotatable bonds is 4. The quantitative estimate of drug-likeness (QED) is 0.901. The van der Waals surface area contributed by atoms with Gasteiger partial charge in [-0.25, -0.2) is 0 Å². The van der Waals surface area contributed by atoms with Crippen molar-refractivity contribution in [2.75, 3.05) is 13.1 Å². The van der Waals surface area contributed by atoms with Gasteiger partial charge in [0.05, 0.1) is 5.92 Å². The van der Waals surface area contributed by atoms with Gasteiger partial charge in [0.15, 0.2) is 0 Å². The highest BCUT2D eigenvalue weighted by molar-refractivity contribution is 5.79. The number of benzene rings is 1. The summed E-state index contributed by atoms with van der Waals surface area (Å²) in [5, 5.41) is 6.24. The molecule has 0 spiro atoms. The van der Waals surface area contributed by atoms with Gasteiger partial charge in [-0.2, -0.15) is 0 Å². The van der Waals surface area contributed by atoms with Crippen LogP contribution in [0.25, 0.3) is 11.1 Å². The first-order valence-electron chi connectivity index (χ1n) is 7.31. The summed E-state index contributed by atoms with van der Waals surface area (Å²) in [6.45, 7) is 2.31. The summed E-state index contributed by atoms with van der Waals surface area (Å²) in [6, 6.07) is 12.2. The number of carbonyl (C=O) groups excluding carboxylic acids is 1. The molecule has 108 valence electrons. The van der Waals surface area contributed by atoms with Gasteiger partial charge in [-0.05, 0) is 41.8 Å². The first kappa shape index (κ1) is 13.8. The van der Waals surface area contributed by atoms with Crippen LogP contribution in [0.1, 0.15) is 12.0 Å². The monoisotopic (exact) mass is 281 g/mol. The van der Waals surface area contributed by atoms with Crippen molar-refractivity contribution in [3.8, 4) is 11.1 Å². The van der Waals surface area contributed by atoms with E-state index in [0.717, 1.165) is 36.2 Å². The van der Waals surface area contributed by atoms with Gasteiger partial charge in [-0.15, -0.1) is 0 Å². The Labute approximate surface area is 124 Å². The Balaban J connectivity index is 1.65. The highest BCUT2D eigenvalue weighted by atomic mass is 16.1. The fraction of sp³-hybridized carbons (Fsp3) is 0.294. The third kappa shape index (κ3) is 3.47. The zero-order valence-electron chi connectivity index (χ0n) is 11.9. The van der Waals surface area contributed by atoms with Crippen LogP contribution < -0.4 is 10.6 Å². The Morgan fingerprint density at radius 2 is 2.19 bits per heavy atom. The van der Waals surface area contributed by atoms with Gasteiger partial charge in [0.1, 0.15) is 0 Å². The first-order chi connectivity index (χ1) is 10.3. The van der Waals surface area contributed by atoms with Gasteiger partial charge in [-0.3, -0.25) is 9.78 Å². The fourth-order valence-electron chi connectivity index (χ4n) is 2.61. The molecule has 0 saturated carbocycles. The van der Waals surface area contributed by atoms with E-state index in [9.17, 15) is 4.79 Å². The Bertz CT molecular complexity index is 606. The minimum absolute atomic E-state index is 0.117. The molecular weight excluding hydrogens is 262 g/mol. The van der Waals surface area contributed by atoms with E-state index in [0.29, 0.717) is 6.54 Å². The van der Waals surface area contributed by atoms with Crippen molar-refractivity contribution < 1.29 is 4.79 Å². The average Bonchev–Trinajstić information content (AvgIpc) is 3.08. The van der Waals surface area contributed by atoms with Crippen molar-refractivity contribution in [1.82, 2.24) is 15.6 Å². The molecule has 1 aromatic carbocycles. The summed E-state index contributed by atoms with van der Waals surface area (Å²) in [7, 11) is 0. The molecule has 0 bridgehead atoms. The Kier molecular flexibility index (Phi) is 4.26. The van der Waals surface area contributed by atoms with Gasteiger partial charge in [0.2, 0.25) is 5.91 Å². The van der Waals surface area contributed by atoms with Crippen LogP contribution in [0.15, 0.2) is 48.8 Å². The van der Waals surface area contributed by atoms with Crippen LogP contribution in [0, 0.1) is 5.92 Å². The van der Waals surface area contributed by atoms with Crippen molar-refractivity contribution in [3.05, 3.63) is 54.4 Å². The van der Waals surface area contributed by atoms with Crippen molar-refractivity contribution in [2.45, 2.75) is 13.0 Å². The lowest BCUT2D eigenvalue weighted by Crippen LogP contribution is -2.31. The molecule has 2 heterocycles. The lowest BCUT2D eigenvalue weighted by Gasteiger charge is -2.10. The number of hydrogen-bond donors (Lipinski definition) is 2. The molecule has 1 aliphatic heterocycles. The number of aromatic nitrogens is 1. The van der Waals surface area contributed by atoms with E-state index in [-0.39, 0.29) is 11.8 Å². The van der Waals surface area contributed by atoms with Crippen LogP contribution in [-0.4, -0.2) is 24.0 Å². The summed E-state index contributed by atoms with van der Waals surface area (Å²) >= 11 is 0. The second-order valence-corrected chi connectivity index (χ2v) is 5.35. The summed E-state index contributed by atoms with van der Waals surface area (Å²) < 4.78 is 0. The van der Waals surface area contributed by atoms with E-state index >= 15 is 0 Å². The van der Waals surface area contributed by atoms with Gasteiger partial charge >= 0.3 is 0 Å². The summed E-state index contributed by atoms with van der Waals surface area (Å²) in [5.74, 6) is 0.262. The van der Waals surface area contributed by atoms with E-state index in [1.165, 1.54) is 0 Å². The van der Waals surface area contributed by atoms with Gasteiger partial charge in [-0.1, -0.05) is 24.3 Å².